The molecule has 2 fully saturated rings. The molecule has 206 valence electrons. The highest BCUT2D eigenvalue weighted by molar-refractivity contribution is 9.09. The first-order chi connectivity index (χ1) is 16.8. The number of carbonyl (C=O) groups is 3. The summed E-state index contributed by atoms with van der Waals surface area (Å²) in [5.41, 5.74) is 0.668. The van der Waals surface area contributed by atoms with Gasteiger partial charge in [-0.05, 0) is 64.8 Å². The molecule has 2 aliphatic rings. The zero-order valence-corrected chi connectivity index (χ0v) is 25.3. The Morgan fingerprint density at radius 2 is 1.56 bits per heavy atom. The Labute approximate surface area is 227 Å². The average Bonchev–Trinajstić information content (AvgIpc) is 2.84. The maximum absolute atomic E-state index is 13.7. The molecule has 0 aromatic rings. The number of likely N-dealkylation sites (N-methyl/N-ethyl adjacent to an activating group) is 1. The van der Waals surface area contributed by atoms with Gasteiger partial charge in [-0.25, -0.2) is 0 Å². The minimum atomic E-state index is -0.609. The van der Waals surface area contributed by atoms with Crippen molar-refractivity contribution in [2.75, 3.05) is 26.7 Å². The molecule has 0 saturated carbocycles. The zero-order valence-electron chi connectivity index (χ0n) is 23.7. The predicted octanol–water partition coefficient (Wildman–Crippen LogP) is 4.21. The van der Waals surface area contributed by atoms with Crippen molar-refractivity contribution in [1.29, 1.82) is 0 Å². The van der Waals surface area contributed by atoms with Crippen LogP contribution in [0.3, 0.4) is 0 Å². The highest BCUT2D eigenvalue weighted by Gasteiger charge is 2.36. The van der Waals surface area contributed by atoms with Crippen LogP contribution in [-0.4, -0.2) is 88.1 Å². The number of amides is 3. The fraction of sp³-hybridized carbons (Fsp3) is 0.821. The Balaban J connectivity index is 2.16. The molecule has 3 amide bonds. The number of nitrogens with zero attached hydrogens (tertiary/aromatic N) is 3. The fourth-order valence-electron chi connectivity index (χ4n) is 5.36. The van der Waals surface area contributed by atoms with Crippen LogP contribution in [0.25, 0.3) is 0 Å². The zero-order chi connectivity index (χ0) is 27.2. The van der Waals surface area contributed by atoms with Crippen molar-refractivity contribution in [3.05, 3.63) is 11.6 Å². The molecule has 0 aromatic heterocycles. The molecule has 8 heteroatoms. The molecule has 2 rings (SSSR count). The van der Waals surface area contributed by atoms with E-state index in [0.29, 0.717) is 10.4 Å². The Morgan fingerprint density at radius 3 is 2.08 bits per heavy atom. The normalized spacial score (nSPS) is 22.2. The lowest BCUT2D eigenvalue weighted by Gasteiger charge is -2.39. The third-order valence-corrected chi connectivity index (χ3v) is 8.60. The lowest BCUT2D eigenvalue weighted by molar-refractivity contribution is -0.140. The van der Waals surface area contributed by atoms with E-state index in [9.17, 15) is 14.4 Å². The smallest absolute Gasteiger partial charge is 0.249 e. The van der Waals surface area contributed by atoms with Crippen molar-refractivity contribution in [3.63, 3.8) is 0 Å². The van der Waals surface area contributed by atoms with E-state index < -0.39 is 6.04 Å². The van der Waals surface area contributed by atoms with Crippen LogP contribution in [0.4, 0.5) is 0 Å². The van der Waals surface area contributed by atoms with Crippen LogP contribution in [0, 0.1) is 11.8 Å². The molecule has 2 unspecified atom stereocenters. The summed E-state index contributed by atoms with van der Waals surface area (Å²) in [5.74, 6) is -0.0541. The first kappa shape index (κ1) is 30.8. The summed E-state index contributed by atoms with van der Waals surface area (Å²) in [4.78, 5) is 46.5. The first-order valence-corrected chi connectivity index (χ1v) is 14.7. The summed E-state index contributed by atoms with van der Waals surface area (Å²) >= 11 is 3.64. The molecule has 36 heavy (non-hydrogen) atoms. The standard InChI is InChI=1S/C28H49BrN4O3/c1-18(2)24(17-21(7)27(35)32-15-12-22(29)13-16-32)31(8)28(36)25(19(3)4)30-26(34)23-11-9-10-14-33(23)20(5)6/h17-20,22-25H,9-16H2,1-8H3,(H,30,34)/b21-17+/t23-,24?,25?/m1/s1. The minimum absolute atomic E-state index is 0.0423. The fourth-order valence-corrected chi connectivity index (χ4v) is 5.77. The van der Waals surface area contributed by atoms with Gasteiger partial charge in [0.15, 0.2) is 0 Å². The lowest BCUT2D eigenvalue weighted by atomic mass is 9.95. The topological polar surface area (TPSA) is 73.0 Å². The molecular weight excluding hydrogens is 520 g/mol. The molecule has 2 saturated heterocycles. The van der Waals surface area contributed by atoms with Crippen LogP contribution in [-0.2, 0) is 14.4 Å². The van der Waals surface area contributed by atoms with Gasteiger partial charge in [0.25, 0.3) is 0 Å². The van der Waals surface area contributed by atoms with Gasteiger partial charge in [0.2, 0.25) is 17.7 Å². The maximum atomic E-state index is 13.7. The Morgan fingerprint density at radius 1 is 0.944 bits per heavy atom. The van der Waals surface area contributed by atoms with Crippen molar-refractivity contribution >= 4 is 33.7 Å². The monoisotopic (exact) mass is 568 g/mol. The third kappa shape index (κ3) is 8.04. The Hall–Kier alpha value is -1.41. The summed E-state index contributed by atoms with van der Waals surface area (Å²) in [6.07, 6.45) is 6.80. The molecule has 0 bridgehead atoms. The number of hydrogen-bond acceptors (Lipinski definition) is 4. The van der Waals surface area contributed by atoms with Gasteiger partial charge in [0, 0.05) is 36.6 Å². The van der Waals surface area contributed by atoms with E-state index in [1.165, 1.54) is 0 Å². The Kier molecular flexibility index (Phi) is 11.9. The maximum Gasteiger partial charge on any atom is 0.249 e. The summed E-state index contributed by atoms with van der Waals surface area (Å²) in [7, 11) is 1.79. The van der Waals surface area contributed by atoms with E-state index in [-0.39, 0.29) is 47.7 Å². The SMILES string of the molecule is C/C(=C\C(C(C)C)N(C)C(=O)C(NC(=O)[C@H]1CCCCN1C(C)C)C(C)C)C(=O)N1CCC(Br)CC1. The molecule has 2 heterocycles. The molecule has 0 radical (unpaired) electrons. The average molecular weight is 570 g/mol. The van der Waals surface area contributed by atoms with Gasteiger partial charge in [-0.3, -0.25) is 19.3 Å². The van der Waals surface area contributed by atoms with Crippen LogP contribution >= 0.6 is 15.9 Å². The van der Waals surface area contributed by atoms with E-state index in [1.807, 2.05) is 31.7 Å². The first-order valence-electron chi connectivity index (χ1n) is 13.8. The number of likely N-dealkylation sites (tertiary alicyclic amines) is 2. The molecule has 7 nitrogen and oxygen atoms in total. The molecule has 0 aliphatic carbocycles. The quantitative estimate of drug-likeness (QED) is 0.334. The van der Waals surface area contributed by atoms with Gasteiger partial charge < -0.3 is 15.1 Å². The second-order valence-electron chi connectivity index (χ2n) is 11.6. The lowest BCUT2D eigenvalue weighted by Crippen LogP contribution is -2.58. The van der Waals surface area contributed by atoms with Crippen LogP contribution in [0.5, 0.6) is 0 Å². The number of rotatable bonds is 9. The van der Waals surface area contributed by atoms with Crippen LogP contribution in [0.2, 0.25) is 0 Å². The van der Waals surface area contributed by atoms with E-state index in [4.69, 9.17) is 0 Å². The summed E-state index contributed by atoms with van der Waals surface area (Å²) < 4.78 is 0. The largest absolute Gasteiger partial charge is 0.343 e. The van der Waals surface area contributed by atoms with E-state index in [0.717, 1.165) is 51.7 Å². The molecule has 2 aliphatic heterocycles. The number of halogens is 1. The van der Waals surface area contributed by atoms with Gasteiger partial charge >= 0.3 is 0 Å². The molecule has 3 atom stereocenters. The predicted molar refractivity (Wildman–Crippen MR) is 150 cm³/mol. The summed E-state index contributed by atoms with van der Waals surface area (Å²) in [6, 6.07) is -0.757. The molecular formula is C28H49BrN4O3. The van der Waals surface area contributed by atoms with Gasteiger partial charge in [-0.1, -0.05) is 56.1 Å². The van der Waals surface area contributed by atoms with Gasteiger partial charge in [0.1, 0.15) is 6.04 Å². The molecule has 1 N–H and O–H groups in total. The van der Waals surface area contributed by atoms with Crippen molar-refractivity contribution in [1.82, 2.24) is 20.0 Å². The van der Waals surface area contributed by atoms with Crippen molar-refractivity contribution < 1.29 is 14.4 Å². The molecule has 0 spiro atoms. The summed E-state index contributed by atoms with van der Waals surface area (Å²) in [6.45, 7) is 16.6. The van der Waals surface area contributed by atoms with E-state index >= 15 is 0 Å². The van der Waals surface area contributed by atoms with E-state index in [1.54, 1.807) is 11.9 Å². The minimum Gasteiger partial charge on any atom is -0.343 e. The van der Waals surface area contributed by atoms with Crippen molar-refractivity contribution in [2.45, 2.75) is 110 Å². The number of nitrogens with one attached hydrogen (secondary N) is 1. The van der Waals surface area contributed by atoms with Crippen molar-refractivity contribution in [2.24, 2.45) is 11.8 Å². The number of carbonyl (C=O) groups excluding carboxylic acids is 3. The van der Waals surface area contributed by atoms with Crippen LogP contribution in [0.1, 0.15) is 80.6 Å². The van der Waals surface area contributed by atoms with Gasteiger partial charge in [-0.15, -0.1) is 0 Å². The number of alkyl halides is 1. The highest BCUT2D eigenvalue weighted by Crippen LogP contribution is 2.23. The van der Waals surface area contributed by atoms with Crippen LogP contribution < -0.4 is 5.32 Å². The number of hydrogen-bond donors (Lipinski definition) is 1. The summed E-state index contributed by atoms with van der Waals surface area (Å²) in [5, 5.41) is 3.11. The highest BCUT2D eigenvalue weighted by atomic mass is 79.9. The Bertz CT molecular complexity index is 790. The third-order valence-electron chi connectivity index (χ3n) is 7.69. The second kappa shape index (κ2) is 13.9. The van der Waals surface area contributed by atoms with Crippen molar-refractivity contribution in [3.8, 4) is 0 Å². The molecule has 0 aromatic carbocycles. The second-order valence-corrected chi connectivity index (χ2v) is 12.9. The van der Waals surface area contributed by atoms with Crippen LogP contribution in [0.15, 0.2) is 11.6 Å². The number of piperidine rings is 2. The van der Waals surface area contributed by atoms with E-state index in [2.05, 4.69) is 53.8 Å². The van der Waals surface area contributed by atoms with Gasteiger partial charge in [0.05, 0.1) is 12.1 Å². The van der Waals surface area contributed by atoms with Gasteiger partial charge in [-0.2, -0.15) is 0 Å².